The molecule has 0 aromatic rings. The quantitative estimate of drug-likeness (QED) is 0.456. The number of rotatable bonds is 2. The van der Waals surface area contributed by atoms with Crippen molar-refractivity contribution in [3.8, 4) is 0 Å². The fraction of sp³-hybridized carbons (Fsp3) is 0.750. The molecular weight excluding hydrogens is 172 g/mol. The van der Waals surface area contributed by atoms with Gasteiger partial charge in [-0.2, -0.15) is 13.2 Å². The molecular formula is C4H3F4O3-. The third-order valence-corrected chi connectivity index (χ3v) is 0.616. The van der Waals surface area contributed by atoms with E-state index in [0.29, 0.717) is 0 Å². The summed E-state index contributed by atoms with van der Waals surface area (Å²) in [6.45, 7) is 0. The minimum Gasteiger partial charge on any atom is -0.516 e. The van der Waals surface area contributed by atoms with Crippen LogP contribution in [0.4, 0.5) is 22.4 Å². The van der Waals surface area contributed by atoms with Gasteiger partial charge in [0.2, 0.25) is 0 Å². The fourth-order valence-corrected chi connectivity index (χ4v) is 0.328. The molecule has 0 bridgehead atoms. The Kier molecular flexibility index (Phi) is 3.09. The maximum absolute atomic E-state index is 11.8. The zero-order valence-corrected chi connectivity index (χ0v) is 5.02. The molecule has 0 spiro atoms. The molecule has 0 heterocycles. The van der Waals surface area contributed by atoms with E-state index in [9.17, 15) is 27.5 Å². The highest BCUT2D eigenvalue weighted by molar-refractivity contribution is 5.54. The van der Waals surface area contributed by atoms with Crippen molar-refractivity contribution in [1.29, 1.82) is 0 Å². The molecule has 0 rings (SSSR count). The average Bonchev–Trinajstić information content (AvgIpc) is 1.53. The Hall–Kier alpha value is -1.01. The first kappa shape index (κ1) is 9.99. The van der Waals surface area contributed by atoms with Crippen LogP contribution in [-0.4, -0.2) is 18.7 Å². The molecule has 66 valence electrons. The van der Waals surface area contributed by atoms with Crippen LogP contribution in [0.2, 0.25) is 0 Å². The third-order valence-electron chi connectivity index (χ3n) is 0.616. The van der Waals surface area contributed by atoms with Crippen LogP contribution in [-0.2, 0) is 4.74 Å². The second-order valence-corrected chi connectivity index (χ2v) is 1.60. The van der Waals surface area contributed by atoms with Gasteiger partial charge in [-0.05, 0) is 0 Å². The molecule has 0 fully saturated rings. The number of alkyl halides is 4. The van der Waals surface area contributed by atoms with Gasteiger partial charge in [-0.1, -0.05) is 0 Å². The molecule has 7 heteroatoms. The standard InChI is InChI=1S/C4H4F4O3/c5-2(11-3(9)10)1-4(6,7)8/h2H,1H2,(H,9,10)/p-1. The van der Waals surface area contributed by atoms with Gasteiger partial charge in [0.05, 0.1) is 6.42 Å². The zero-order valence-electron chi connectivity index (χ0n) is 5.02. The van der Waals surface area contributed by atoms with Crippen molar-refractivity contribution in [1.82, 2.24) is 0 Å². The number of carbonyl (C=O) groups excluding carboxylic acids is 1. The monoisotopic (exact) mass is 175 g/mol. The Morgan fingerprint density at radius 2 is 2.00 bits per heavy atom. The van der Waals surface area contributed by atoms with Gasteiger partial charge in [-0.15, -0.1) is 0 Å². The van der Waals surface area contributed by atoms with Crippen LogP contribution < -0.4 is 5.11 Å². The van der Waals surface area contributed by atoms with E-state index in [1.807, 2.05) is 0 Å². The molecule has 0 aliphatic rings. The van der Waals surface area contributed by atoms with Gasteiger partial charge >= 0.3 is 6.18 Å². The lowest BCUT2D eigenvalue weighted by atomic mass is 10.4. The van der Waals surface area contributed by atoms with Gasteiger partial charge in [0.15, 0.2) is 6.36 Å². The van der Waals surface area contributed by atoms with Gasteiger partial charge < -0.3 is 14.6 Å². The van der Waals surface area contributed by atoms with Crippen molar-refractivity contribution in [2.45, 2.75) is 19.0 Å². The van der Waals surface area contributed by atoms with Crippen molar-refractivity contribution in [2.24, 2.45) is 0 Å². The Labute approximate surface area is 58.6 Å². The maximum atomic E-state index is 11.8. The van der Waals surface area contributed by atoms with Crippen molar-refractivity contribution in [3.05, 3.63) is 0 Å². The smallest absolute Gasteiger partial charge is 0.393 e. The summed E-state index contributed by atoms with van der Waals surface area (Å²) in [5, 5.41) is 9.35. The van der Waals surface area contributed by atoms with Gasteiger partial charge in [0.1, 0.15) is 0 Å². The van der Waals surface area contributed by atoms with E-state index < -0.39 is 25.1 Å². The molecule has 1 unspecified atom stereocenters. The van der Waals surface area contributed by atoms with E-state index in [2.05, 4.69) is 4.74 Å². The topological polar surface area (TPSA) is 49.4 Å². The summed E-state index contributed by atoms with van der Waals surface area (Å²) in [6.07, 6.45) is -12.0. The molecule has 0 saturated carbocycles. The first-order chi connectivity index (χ1) is 4.81. The van der Waals surface area contributed by atoms with E-state index in [0.717, 1.165) is 0 Å². The number of carboxylic acid groups (broad SMARTS) is 1. The second-order valence-electron chi connectivity index (χ2n) is 1.60. The van der Waals surface area contributed by atoms with Crippen LogP contribution in [0, 0.1) is 0 Å². The fourth-order valence-electron chi connectivity index (χ4n) is 0.328. The predicted molar refractivity (Wildman–Crippen MR) is 22.0 cm³/mol. The molecule has 0 amide bonds. The lowest BCUT2D eigenvalue weighted by Crippen LogP contribution is -2.29. The molecule has 0 aromatic heterocycles. The summed E-state index contributed by atoms with van der Waals surface area (Å²) in [6, 6.07) is 0. The number of hydrogen-bond donors (Lipinski definition) is 0. The van der Waals surface area contributed by atoms with Gasteiger partial charge in [0, 0.05) is 0 Å². The third kappa shape index (κ3) is 6.88. The Balaban J connectivity index is 3.69. The molecule has 0 saturated heterocycles. The highest BCUT2D eigenvalue weighted by atomic mass is 19.4. The highest BCUT2D eigenvalue weighted by Crippen LogP contribution is 2.23. The van der Waals surface area contributed by atoms with Crippen molar-refractivity contribution >= 4 is 6.16 Å². The maximum Gasteiger partial charge on any atom is 0.393 e. The van der Waals surface area contributed by atoms with Gasteiger partial charge in [-0.3, -0.25) is 0 Å². The van der Waals surface area contributed by atoms with Crippen molar-refractivity contribution in [3.63, 3.8) is 0 Å². The first-order valence-corrected chi connectivity index (χ1v) is 2.40. The molecule has 11 heavy (non-hydrogen) atoms. The molecule has 1 atom stereocenters. The largest absolute Gasteiger partial charge is 0.516 e. The number of carbonyl (C=O) groups is 1. The van der Waals surface area contributed by atoms with Crippen LogP contribution in [0.15, 0.2) is 0 Å². The van der Waals surface area contributed by atoms with E-state index in [4.69, 9.17) is 0 Å². The number of hydrogen-bond acceptors (Lipinski definition) is 3. The first-order valence-electron chi connectivity index (χ1n) is 2.40. The van der Waals surface area contributed by atoms with Crippen LogP contribution in [0.5, 0.6) is 0 Å². The summed E-state index contributed by atoms with van der Waals surface area (Å²) in [4.78, 5) is 9.35. The van der Waals surface area contributed by atoms with E-state index in [-0.39, 0.29) is 0 Å². The Morgan fingerprint density at radius 1 is 1.55 bits per heavy atom. The molecule has 0 aliphatic heterocycles. The normalized spacial score (nSPS) is 14.2. The summed E-state index contributed by atoms with van der Waals surface area (Å²) in [5.74, 6) is 0. The Morgan fingerprint density at radius 3 is 2.27 bits per heavy atom. The summed E-state index contributed by atoms with van der Waals surface area (Å²) in [7, 11) is 0. The lowest BCUT2D eigenvalue weighted by molar-refractivity contribution is -0.298. The SMILES string of the molecule is O=C([O-])OC(F)CC(F)(F)F. The number of halogens is 4. The molecule has 0 aliphatic carbocycles. The molecule has 0 N–H and O–H groups in total. The van der Waals surface area contributed by atoms with Crippen LogP contribution >= 0.6 is 0 Å². The van der Waals surface area contributed by atoms with E-state index >= 15 is 0 Å². The van der Waals surface area contributed by atoms with Crippen LogP contribution in [0.1, 0.15) is 6.42 Å². The average molecular weight is 175 g/mol. The summed E-state index contributed by atoms with van der Waals surface area (Å²) in [5.41, 5.74) is 0. The van der Waals surface area contributed by atoms with E-state index in [1.165, 1.54) is 0 Å². The van der Waals surface area contributed by atoms with Crippen LogP contribution in [0.25, 0.3) is 0 Å². The molecule has 0 aromatic carbocycles. The summed E-state index contributed by atoms with van der Waals surface area (Å²) >= 11 is 0. The lowest BCUT2D eigenvalue weighted by Gasteiger charge is -2.14. The van der Waals surface area contributed by atoms with E-state index in [1.54, 1.807) is 0 Å². The minimum atomic E-state index is -4.78. The van der Waals surface area contributed by atoms with Crippen molar-refractivity contribution < 1.29 is 32.2 Å². The molecule has 0 radical (unpaired) electrons. The summed E-state index contributed by atoms with van der Waals surface area (Å²) < 4.78 is 48.5. The predicted octanol–water partition coefficient (Wildman–Crippen LogP) is 0.594. The second kappa shape index (κ2) is 3.40. The van der Waals surface area contributed by atoms with Gasteiger partial charge in [0.25, 0.3) is 6.16 Å². The highest BCUT2D eigenvalue weighted by Gasteiger charge is 2.31. The zero-order chi connectivity index (χ0) is 9.07. The minimum absolute atomic E-state index is 1.96. The van der Waals surface area contributed by atoms with Crippen molar-refractivity contribution in [2.75, 3.05) is 0 Å². The van der Waals surface area contributed by atoms with Crippen LogP contribution in [0.3, 0.4) is 0 Å². The molecule has 3 nitrogen and oxygen atoms in total. The van der Waals surface area contributed by atoms with Gasteiger partial charge in [-0.25, -0.2) is 4.39 Å². The number of ether oxygens (including phenoxy) is 1. The Bertz CT molecular complexity index is 143.